The number of aryl methyl sites for hydroxylation is 2. The van der Waals surface area contributed by atoms with Gasteiger partial charge in [0.25, 0.3) is 5.91 Å². The molecule has 1 heterocycles. The van der Waals surface area contributed by atoms with Crippen LogP contribution in [0.25, 0.3) is 0 Å². The van der Waals surface area contributed by atoms with E-state index in [9.17, 15) is 24.3 Å². The van der Waals surface area contributed by atoms with E-state index in [2.05, 4.69) is 5.32 Å². The van der Waals surface area contributed by atoms with Gasteiger partial charge in [0.05, 0.1) is 22.1 Å². The number of thioether (sulfide) groups is 1. The lowest BCUT2D eigenvalue weighted by atomic mass is 10.0. The number of nitrogens with one attached hydrogen (secondary N) is 1. The summed E-state index contributed by atoms with van der Waals surface area (Å²) in [5, 5.41) is 11.5. The van der Waals surface area contributed by atoms with Crippen molar-refractivity contribution in [3.63, 3.8) is 0 Å². The van der Waals surface area contributed by atoms with E-state index in [4.69, 9.17) is 0 Å². The Morgan fingerprint density at radius 3 is 2.34 bits per heavy atom. The first-order valence-corrected chi connectivity index (χ1v) is 12.0. The summed E-state index contributed by atoms with van der Waals surface area (Å²) in [4.78, 5) is 52.0. The Hall–Kier alpha value is -3.91. The lowest BCUT2D eigenvalue weighted by Crippen LogP contribution is -2.32. The minimum Gasteiger partial charge on any atom is -0.478 e. The molecule has 35 heavy (non-hydrogen) atoms. The predicted octanol–water partition coefficient (Wildman–Crippen LogP) is 4.93. The van der Waals surface area contributed by atoms with Crippen molar-refractivity contribution in [2.24, 2.45) is 0 Å². The van der Waals surface area contributed by atoms with E-state index < -0.39 is 17.1 Å². The van der Waals surface area contributed by atoms with Crippen molar-refractivity contribution in [1.29, 1.82) is 0 Å². The van der Waals surface area contributed by atoms with Crippen molar-refractivity contribution < 1.29 is 24.3 Å². The number of carboxylic acids is 1. The maximum absolute atomic E-state index is 13.2. The molecule has 3 aromatic carbocycles. The van der Waals surface area contributed by atoms with Crippen LogP contribution in [0.1, 0.15) is 45.2 Å². The molecule has 1 aliphatic heterocycles. The van der Waals surface area contributed by atoms with Crippen molar-refractivity contribution in [3.8, 4) is 0 Å². The van der Waals surface area contributed by atoms with Gasteiger partial charge in [0, 0.05) is 17.0 Å². The second-order valence-corrected chi connectivity index (χ2v) is 9.42. The topological polar surface area (TPSA) is 104 Å². The first kappa shape index (κ1) is 24.2. The lowest BCUT2D eigenvalue weighted by Gasteiger charge is -2.20. The van der Waals surface area contributed by atoms with Gasteiger partial charge in [-0.15, -0.1) is 11.8 Å². The SMILES string of the molecule is CCc1cccc(C)c1N1C(=O)CC(Sc2ccc(NC(=O)c3ccccc3C(=O)O)cc2)C1=O. The van der Waals surface area contributed by atoms with Crippen LogP contribution in [0, 0.1) is 6.92 Å². The predicted molar refractivity (Wildman–Crippen MR) is 135 cm³/mol. The number of benzene rings is 3. The number of nitrogens with zero attached hydrogens (tertiary/aromatic N) is 1. The highest BCUT2D eigenvalue weighted by Gasteiger charge is 2.41. The zero-order valence-electron chi connectivity index (χ0n) is 19.3. The monoisotopic (exact) mass is 488 g/mol. The van der Waals surface area contributed by atoms with Gasteiger partial charge in [-0.3, -0.25) is 14.4 Å². The highest BCUT2D eigenvalue weighted by molar-refractivity contribution is 8.00. The molecule has 7 nitrogen and oxygen atoms in total. The highest BCUT2D eigenvalue weighted by atomic mass is 32.2. The van der Waals surface area contributed by atoms with E-state index in [0.717, 1.165) is 22.4 Å². The molecule has 1 aliphatic rings. The first-order chi connectivity index (χ1) is 16.8. The molecule has 8 heteroatoms. The van der Waals surface area contributed by atoms with Gasteiger partial charge >= 0.3 is 5.97 Å². The van der Waals surface area contributed by atoms with Crippen molar-refractivity contribution in [3.05, 3.63) is 89.0 Å². The van der Waals surface area contributed by atoms with E-state index in [-0.39, 0.29) is 29.4 Å². The summed E-state index contributed by atoms with van der Waals surface area (Å²) in [5.74, 6) is -2.14. The molecule has 3 amide bonds. The van der Waals surface area contributed by atoms with Crippen LogP contribution in [-0.4, -0.2) is 34.0 Å². The van der Waals surface area contributed by atoms with Gasteiger partial charge in [0.2, 0.25) is 11.8 Å². The fourth-order valence-corrected chi connectivity index (χ4v) is 5.16. The number of hydrogen-bond acceptors (Lipinski definition) is 5. The summed E-state index contributed by atoms with van der Waals surface area (Å²) in [6.45, 7) is 3.90. The fraction of sp³-hybridized carbons (Fsp3) is 0.185. The molecule has 3 aromatic rings. The molecule has 0 bridgehead atoms. The fourth-order valence-electron chi connectivity index (χ4n) is 4.10. The Bertz CT molecular complexity index is 1320. The van der Waals surface area contributed by atoms with Crippen LogP contribution in [0.4, 0.5) is 11.4 Å². The van der Waals surface area contributed by atoms with Crippen LogP contribution in [0.2, 0.25) is 0 Å². The van der Waals surface area contributed by atoms with E-state index in [1.807, 2.05) is 32.0 Å². The second kappa shape index (κ2) is 10.1. The summed E-state index contributed by atoms with van der Waals surface area (Å²) in [6, 6.07) is 18.6. The van der Waals surface area contributed by atoms with Gasteiger partial charge in [-0.05, 0) is 60.9 Å². The average molecular weight is 489 g/mol. The molecule has 0 aromatic heterocycles. The molecule has 2 N–H and O–H groups in total. The number of imide groups is 1. The number of hydrogen-bond donors (Lipinski definition) is 2. The van der Waals surface area contributed by atoms with Crippen LogP contribution in [0.3, 0.4) is 0 Å². The Balaban J connectivity index is 1.46. The van der Waals surface area contributed by atoms with Crippen LogP contribution in [0.15, 0.2) is 71.6 Å². The summed E-state index contributed by atoms with van der Waals surface area (Å²) in [6.07, 6.45) is 0.835. The van der Waals surface area contributed by atoms with Gasteiger partial charge in [0.15, 0.2) is 0 Å². The largest absolute Gasteiger partial charge is 0.478 e. The lowest BCUT2D eigenvalue weighted by molar-refractivity contribution is -0.121. The van der Waals surface area contributed by atoms with E-state index in [1.165, 1.54) is 28.8 Å². The quantitative estimate of drug-likeness (QED) is 0.457. The summed E-state index contributed by atoms with van der Waals surface area (Å²) in [7, 11) is 0. The number of aromatic carboxylic acids is 1. The van der Waals surface area contributed by atoms with Crippen LogP contribution >= 0.6 is 11.8 Å². The van der Waals surface area contributed by atoms with Crippen LogP contribution < -0.4 is 10.2 Å². The molecule has 0 saturated carbocycles. The molecule has 1 unspecified atom stereocenters. The molecular formula is C27H24N2O5S. The van der Waals surface area contributed by atoms with Gasteiger partial charge < -0.3 is 10.4 Å². The molecular weight excluding hydrogens is 464 g/mol. The minimum atomic E-state index is -1.18. The number of carbonyl (C=O) groups excluding carboxylic acids is 3. The smallest absolute Gasteiger partial charge is 0.336 e. The Morgan fingerprint density at radius 1 is 1.00 bits per heavy atom. The number of para-hydroxylation sites is 1. The molecule has 0 aliphatic carbocycles. The Morgan fingerprint density at radius 2 is 1.69 bits per heavy atom. The number of amides is 3. The van der Waals surface area contributed by atoms with E-state index >= 15 is 0 Å². The van der Waals surface area contributed by atoms with Crippen LogP contribution in [0.5, 0.6) is 0 Å². The van der Waals surface area contributed by atoms with Crippen molar-refractivity contribution >= 4 is 46.8 Å². The van der Waals surface area contributed by atoms with Gasteiger partial charge in [-0.1, -0.05) is 37.3 Å². The molecule has 4 rings (SSSR count). The maximum Gasteiger partial charge on any atom is 0.336 e. The van der Waals surface area contributed by atoms with E-state index in [1.54, 1.807) is 36.4 Å². The standard InChI is InChI=1S/C27H24N2O5S/c1-3-17-8-6-7-16(2)24(17)29-23(30)15-22(26(29)32)35-19-13-11-18(12-14-19)28-25(31)20-9-4-5-10-21(20)27(33)34/h4-14,22H,3,15H2,1-2H3,(H,28,31)(H,33,34). The number of carbonyl (C=O) groups is 4. The molecule has 0 spiro atoms. The number of rotatable bonds is 7. The summed E-state index contributed by atoms with van der Waals surface area (Å²) in [5.41, 5.74) is 3.01. The van der Waals surface area contributed by atoms with Gasteiger partial charge in [0.1, 0.15) is 0 Å². The van der Waals surface area contributed by atoms with E-state index in [0.29, 0.717) is 11.4 Å². The highest BCUT2D eigenvalue weighted by Crippen LogP contribution is 2.37. The average Bonchev–Trinajstić information content (AvgIpc) is 3.12. The third-order valence-electron chi connectivity index (χ3n) is 5.82. The third-order valence-corrected chi connectivity index (χ3v) is 7.02. The molecule has 178 valence electrons. The van der Waals surface area contributed by atoms with Gasteiger partial charge in [-0.25, -0.2) is 9.69 Å². The number of anilines is 2. The molecule has 1 saturated heterocycles. The summed E-state index contributed by atoms with van der Waals surface area (Å²) < 4.78 is 0. The minimum absolute atomic E-state index is 0.0660. The zero-order chi connectivity index (χ0) is 25.1. The Labute approximate surface area is 207 Å². The van der Waals surface area contributed by atoms with Crippen molar-refractivity contribution in [2.75, 3.05) is 10.2 Å². The van der Waals surface area contributed by atoms with Crippen LogP contribution in [-0.2, 0) is 16.0 Å². The van der Waals surface area contributed by atoms with Crippen molar-refractivity contribution in [2.45, 2.75) is 36.8 Å². The maximum atomic E-state index is 13.2. The molecule has 1 atom stereocenters. The third kappa shape index (κ3) is 4.97. The normalized spacial score (nSPS) is 15.4. The summed E-state index contributed by atoms with van der Waals surface area (Å²) >= 11 is 1.31. The first-order valence-electron chi connectivity index (χ1n) is 11.2. The molecule has 0 radical (unpaired) electrons. The number of carboxylic acid groups (broad SMARTS) is 1. The molecule has 1 fully saturated rings. The zero-order valence-corrected chi connectivity index (χ0v) is 20.1. The Kier molecular flexibility index (Phi) is 7.02. The van der Waals surface area contributed by atoms with Crippen molar-refractivity contribution in [1.82, 2.24) is 0 Å². The van der Waals surface area contributed by atoms with Gasteiger partial charge in [-0.2, -0.15) is 0 Å². The second-order valence-electron chi connectivity index (χ2n) is 8.14.